The molecule has 0 aromatic carbocycles. The third-order valence-electron chi connectivity index (χ3n) is 4.90. The lowest BCUT2D eigenvalue weighted by Crippen LogP contribution is -2.57. The van der Waals surface area contributed by atoms with Crippen molar-refractivity contribution in [3.8, 4) is 0 Å². The molecule has 0 spiro atoms. The summed E-state index contributed by atoms with van der Waals surface area (Å²) >= 11 is 0. The van der Waals surface area contributed by atoms with Gasteiger partial charge in [-0.1, -0.05) is 0 Å². The van der Waals surface area contributed by atoms with Crippen LogP contribution in [0.2, 0.25) is 0 Å². The molecule has 0 rings (SSSR count). The number of hydrogen-bond donors (Lipinski definition) is 8. The molecule has 0 aliphatic rings. The number of carbonyl (C=O) groups is 7. The third kappa shape index (κ3) is 11.1. The van der Waals surface area contributed by atoms with Gasteiger partial charge in [-0.3, -0.25) is 33.6 Å². The van der Waals surface area contributed by atoms with Crippen molar-refractivity contribution in [2.45, 2.75) is 90.8 Å². The minimum atomic E-state index is -1.24. The first kappa shape index (κ1) is 32.2. The summed E-state index contributed by atoms with van der Waals surface area (Å²) in [6.45, 7) is 9.57. The summed E-state index contributed by atoms with van der Waals surface area (Å²) in [4.78, 5) is 83.5. The van der Waals surface area contributed by atoms with E-state index in [0.717, 1.165) is 0 Å². The summed E-state index contributed by atoms with van der Waals surface area (Å²) < 4.78 is 0. The number of carboxylic acid groups (broad SMARTS) is 1. The lowest BCUT2D eigenvalue weighted by molar-refractivity contribution is -0.141. The van der Waals surface area contributed by atoms with E-state index in [2.05, 4.69) is 31.9 Å². The molecule has 15 heteroatoms. The second-order valence-electron chi connectivity index (χ2n) is 8.51. The second kappa shape index (κ2) is 14.6. The van der Waals surface area contributed by atoms with Gasteiger partial charge in [0.05, 0.1) is 6.04 Å². The van der Waals surface area contributed by atoms with Gasteiger partial charge in [-0.25, -0.2) is 0 Å². The van der Waals surface area contributed by atoms with Crippen molar-refractivity contribution in [1.82, 2.24) is 31.9 Å². The first-order valence-electron chi connectivity index (χ1n) is 11.3. The fraction of sp³-hybridized carbons (Fsp3) is 0.667. The van der Waals surface area contributed by atoms with Crippen LogP contribution in [-0.4, -0.2) is 88.8 Å². The van der Waals surface area contributed by atoms with Crippen LogP contribution < -0.4 is 37.6 Å². The molecular weight excluding hydrogens is 478 g/mol. The largest absolute Gasteiger partial charge is 0.480 e. The summed E-state index contributed by atoms with van der Waals surface area (Å²) in [6.07, 6.45) is 0. The maximum absolute atomic E-state index is 12.4. The SMILES string of the molecule is C[C@H](N)C(=O)N[C@@H](C)C(=O)N[C@@H](C)C(=O)N[C@@H](C)C(=O)N[C@@H](C)C(=O)N[C@@H](C)C(=O)N[C@@H](C)C(=O)O. The van der Waals surface area contributed by atoms with Crippen LogP contribution in [0, 0.1) is 0 Å². The zero-order chi connectivity index (χ0) is 28.3. The minimum Gasteiger partial charge on any atom is -0.480 e. The van der Waals surface area contributed by atoms with Gasteiger partial charge in [0.15, 0.2) is 0 Å². The number of hydrogen-bond acceptors (Lipinski definition) is 8. The average molecular weight is 516 g/mol. The first-order chi connectivity index (χ1) is 16.5. The lowest BCUT2D eigenvalue weighted by Gasteiger charge is -2.22. The van der Waals surface area contributed by atoms with E-state index in [9.17, 15) is 33.6 Å². The van der Waals surface area contributed by atoms with Crippen LogP contribution in [0.25, 0.3) is 0 Å². The van der Waals surface area contributed by atoms with E-state index in [1.807, 2.05) is 0 Å². The zero-order valence-electron chi connectivity index (χ0n) is 21.4. The fourth-order valence-electron chi connectivity index (χ4n) is 2.43. The van der Waals surface area contributed by atoms with Crippen molar-refractivity contribution >= 4 is 41.4 Å². The Balaban J connectivity index is 4.71. The number of nitrogens with two attached hydrogens (primary N) is 1. The summed E-state index contributed by atoms with van der Waals surface area (Å²) in [7, 11) is 0. The molecule has 0 aliphatic carbocycles. The molecule has 0 unspecified atom stereocenters. The van der Waals surface area contributed by atoms with Crippen LogP contribution in [0.15, 0.2) is 0 Å². The molecule has 6 amide bonds. The second-order valence-corrected chi connectivity index (χ2v) is 8.51. The molecular formula is C21H37N7O8. The maximum atomic E-state index is 12.4. The van der Waals surface area contributed by atoms with Crippen molar-refractivity contribution in [1.29, 1.82) is 0 Å². The first-order valence-corrected chi connectivity index (χ1v) is 11.3. The minimum absolute atomic E-state index is 0.539. The molecule has 7 atom stereocenters. The molecule has 0 fully saturated rings. The Hall–Kier alpha value is -3.75. The molecule has 0 bridgehead atoms. The quantitative estimate of drug-likeness (QED) is 0.121. The Morgan fingerprint density at radius 2 is 0.639 bits per heavy atom. The number of aliphatic carboxylic acids is 1. The Kier molecular flexibility index (Phi) is 13.1. The monoisotopic (exact) mass is 515 g/mol. The fourth-order valence-corrected chi connectivity index (χ4v) is 2.43. The number of amides is 6. The molecule has 0 aliphatic heterocycles. The van der Waals surface area contributed by atoms with Crippen LogP contribution >= 0.6 is 0 Å². The number of carbonyl (C=O) groups excluding carboxylic acids is 6. The van der Waals surface area contributed by atoms with Gasteiger partial charge in [0.2, 0.25) is 35.4 Å². The predicted molar refractivity (Wildman–Crippen MR) is 127 cm³/mol. The molecule has 0 heterocycles. The predicted octanol–water partition coefficient (Wildman–Crippen LogP) is -3.55. The standard InChI is InChI=1S/C21H37N7O8/c1-8(22)15(29)23-9(2)16(30)24-10(3)17(31)25-11(4)18(32)26-12(5)19(33)27-13(6)20(34)28-14(7)21(35)36/h8-14H,22H2,1-7H3,(H,23,29)(H,24,30)(H,25,31)(H,26,32)(H,27,33)(H,28,34)(H,35,36)/t8-,9-,10-,11-,12-,13-,14-/m0/s1. The average Bonchev–Trinajstić information content (AvgIpc) is 2.77. The third-order valence-corrected chi connectivity index (χ3v) is 4.90. The molecule has 0 aromatic rings. The van der Waals surface area contributed by atoms with E-state index in [1.54, 1.807) is 0 Å². The number of carboxylic acids is 1. The Morgan fingerprint density at radius 1 is 0.444 bits per heavy atom. The highest BCUT2D eigenvalue weighted by molar-refractivity contribution is 5.96. The van der Waals surface area contributed by atoms with Gasteiger partial charge in [-0.15, -0.1) is 0 Å². The highest BCUT2D eigenvalue weighted by atomic mass is 16.4. The van der Waals surface area contributed by atoms with Crippen molar-refractivity contribution < 1.29 is 38.7 Å². The molecule has 0 aromatic heterocycles. The highest BCUT2D eigenvalue weighted by Crippen LogP contribution is 1.94. The Bertz CT molecular complexity index is 863. The molecule has 0 radical (unpaired) electrons. The number of nitrogens with one attached hydrogen (secondary N) is 6. The smallest absolute Gasteiger partial charge is 0.325 e. The summed E-state index contributed by atoms with van der Waals surface area (Å²) in [6, 6.07) is -7.20. The van der Waals surface area contributed by atoms with Gasteiger partial charge in [-0.05, 0) is 48.5 Å². The molecule has 9 N–H and O–H groups in total. The van der Waals surface area contributed by atoms with Gasteiger partial charge in [0.25, 0.3) is 0 Å². The molecule has 204 valence electrons. The van der Waals surface area contributed by atoms with Gasteiger partial charge in [0.1, 0.15) is 36.3 Å². The van der Waals surface area contributed by atoms with E-state index in [1.165, 1.54) is 48.5 Å². The van der Waals surface area contributed by atoms with Gasteiger partial charge < -0.3 is 42.7 Å². The highest BCUT2D eigenvalue weighted by Gasteiger charge is 2.27. The maximum Gasteiger partial charge on any atom is 0.325 e. The van der Waals surface area contributed by atoms with Crippen LogP contribution in [0.5, 0.6) is 0 Å². The Labute approximate surface area is 209 Å². The summed E-state index contributed by atoms with van der Waals surface area (Å²) in [5, 5.41) is 22.9. The van der Waals surface area contributed by atoms with E-state index >= 15 is 0 Å². The van der Waals surface area contributed by atoms with E-state index in [-0.39, 0.29) is 0 Å². The summed E-state index contributed by atoms with van der Waals surface area (Å²) in [5.74, 6) is -5.25. The lowest BCUT2D eigenvalue weighted by atomic mass is 10.2. The van der Waals surface area contributed by atoms with E-state index in [0.29, 0.717) is 0 Å². The zero-order valence-corrected chi connectivity index (χ0v) is 21.4. The van der Waals surface area contributed by atoms with Crippen LogP contribution in [0.1, 0.15) is 48.5 Å². The molecule has 0 saturated carbocycles. The summed E-state index contributed by atoms with van der Waals surface area (Å²) in [5.41, 5.74) is 5.43. The van der Waals surface area contributed by atoms with Crippen molar-refractivity contribution in [2.24, 2.45) is 5.73 Å². The molecule has 15 nitrogen and oxygen atoms in total. The molecule has 0 saturated heterocycles. The van der Waals surface area contributed by atoms with E-state index in [4.69, 9.17) is 10.8 Å². The van der Waals surface area contributed by atoms with Crippen LogP contribution in [0.4, 0.5) is 0 Å². The van der Waals surface area contributed by atoms with Gasteiger partial charge in [-0.2, -0.15) is 0 Å². The Morgan fingerprint density at radius 3 is 0.833 bits per heavy atom. The van der Waals surface area contributed by atoms with Crippen molar-refractivity contribution in [3.05, 3.63) is 0 Å². The topological polar surface area (TPSA) is 238 Å². The van der Waals surface area contributed by atoms with Crippen LogP contribution in [-0.2, 0) is 33.6 Å². The van der Waals surface area contributed by atoms with Gasteiger partial charge >= 0.3 is 5.97 Å². The van der Waals surface area contributed by atoms with Crippen LogP contribution in [0.3, 0.4) is 0 Å². The van der Waals surface area contributed by atoms with Gasteiger partial charge in [0, 0.05) is 0 Å². The molecule has 36 heavy (non-hydrogen) atoms. The van der Waals surface area contributed by atoms with Crippen molar-refractivity contribution in [2.75, 3.05) is 0 Å². The van der Waals surface area contributed by atoms with E-state index < -0.39 is 83.7 Å². The normalized spacial score (nSPS) is 16.4. The number of rotatable bonds is 13. The van der Waals surface area contributed by atoms with Crippen molar-refractivity contribution in [3.63, 3.8) is 0 Å².